The predicted molar refractivity (Wildman–Crippen MR) is 98.2 cm³/mol. The first-order valence-corrected chi connectivity index (χ1v) is 8.73. The fraction of sp³-hybridized carbons (Fsp3) is 0.421. The zero-order valence-electron chi connectivity index (χ0n) is 15.4. The summed E-state index contributed by atoms with van der Waals surface area (Å²) in [6.45, 7) is 8.11. The van der Waals surface area contributed by atoms with Gasteiger partial charge in [0.1, 0.15) is 6.54 Å². The van der Waals surface area contributed by atoms with Gasteiger partial charge >= 0.3 is 0 Å². The Morgan fingerprint density at radius 3 is 2.65 bits per heavy atom. The molecule has 0 atom stereocenters. The minimum atomic E-state index is -0.171. The van der Waals surface area contributed by atoms with Gasteiger partial charge in [0.15, 0.2) is 5.69 Å². The van der Waals surface area contributed by atoms with E-state index in [1.807, 2.05) is 39.0 Å². The van der Waals surface area contributed by atoms with Crippen LogP contribution in [0.3, 0.4) is 0 Å². The van der Waals surface area contributed by atoms with Crippen molar-refractivity contribution in [1.29, 1.82) is 0 Å². The van der Waals surface area contributed by atoms with Gasteiger partial charge in [0.2, 0.25) is 5.91 Å². The molecule has 0 bridgehead atoms. The van der Waals surface area contributed by atoms with Crippen molar-refractivity contribution >= 4 is 17.5 Å². The fourth-order valence-corrected chi connectivity index (χ4v) is 2.92. The topological polar surface area (TPSA) is 76.5 Å². The van der Waals surface area contributed by atoms with E-state index in [1.165, 1.54) is 0 Å². The molecule has 2 heterocycles. The molecule has 7 nitrogen and oxygen atoms in total. The maximum Gasteiger partial charge on any atom is 0.274 e. The number of nitrogens with one attached hydrogen (secondary N) is 1. The molecule has 2 amide bonds. The van der Waals surface area contributed by atoms with Crippen molar-refractivity contribution in [1.82, 2.24) is 14.7 Å². The Kier molecular flexibility index (Phi) is 5.37. The first-order valence-electron chi connectivity index (χ1n) is 8.73. The van der Waals surface area contributed by atoms with Crippen LogP contribution in [0.5, 0.6) is 0 Å². The second-order valence-electron chi connectivity index (χ2n) is 6.53. The van der Waals surface area contributed by atoms with Gasteiger partial charge in [-0.3, -0.25) is 14.3 Å². The Morgan fingerprint density at radius 1 is 1.19 bits per heavy atom. The van der Waals surface area contributed by atoms with Crippen molar-refractivity contribution in [2.45, 2.75) is 27.3 Å². The standard InChI is InChI=1S/C19H24N4O3/c1-13-5-4-6-16(15(13)3)20-18(24)12-23-14(2)11-17(21-23)19(25)22-7-9-26-10-8-22/h4-6,11H,7-10,12H2,1-3H3,(H,20,24). The van der Waals surface area contributed by atoms with Crippen LogP contribution in [-0.2, 0) is 16.1 Å². The number of morpholine rings is 1. The number of carbonyl (C=O) groups excluding carboxylic acids is 2. The molecule has 0 unspecified atom stereocenters. The number of benzene rings is 1. The number of hydrogen-bond acceptors (Lipinski definition) is 4. The maximum absolute atomic E-state index is 12.5. The zero-order chi connectivity index (χ0) is 18.7. The minimum absolute atomic E-state index is 0.0651. The van der Waals surface area contributed by atoms with Crippen molar-refractivity contribution in [2.24, 2.45) is 0 Å². The van der Waals surface area contributed by atoms with Crippen LogP contribution in [0.25, 0.3) is 0 Å². The molecule has 1 fully saturated rings. The van der Waals surface area contributed by atoms with E-state index in [1.54, 1.807) is 15.6 Å². The van der Waals surface area contributed by atoms with Crippen LogP contribution < -0.4 is 5.32 Å². The number of hydrogen-bond donors (Lipinski definition) is 1. The van der Waals surface area contributed by atoms with E-state index in [-0.39, 0.29) is 18.4 Å². The van der Waals surface area contributed by atoms with Crippen LogP contribution in [0.4, 0.5) is 5.69 Å². The van der Waals surface area contributed by atoms with Gasteiger partial charge in [0, 0.05) is 24.5 Å². The number of nitrogens with zero attached hydrogens (tertiary/aromatic N) is 3. The largest absolute Gasteiger partial charge is 0.378 e. The first-order chi connectivity index (χ1) is 12.5. The average Bonchev–Trinajstić information content (AvgIpc) is 2.99. The Hall–Kier alpha value is -2.67. The number of aromatic nitrogens is 2. The molecule has 1 aromatic carbocycles. The molecule has 1 saturated heterocycles. The summed E-state index contributed by atoms with van der Waals surface area (Å²) in [5.74, 6) is -0.291. The smallest absolute Gasteiger partial charge is 0.274 e. The van der Waals surface area contributed by atoms with Crippen molar-refractivity contribution in [3.63, 3.8) is 0 Å². The second kappa shape index (κ2) is 7.70. The summed E-state index contributed by atoms with van der Waals surface area (Å²) >= 11 is 0. The monoisotopic (exact) mass is 356 g/mol. The van der Waals surface area contributed by atoms with Gasteiger partial charge in [-0.2, -0.15) is 5.10 Å². The molecule has 2 aromatic rings. The van der Waals surface area contributed by atoms with Crippen molar-refractivity contribution in [3.8, 4) is 0 Å². The summed E-state index contributed by atoms with van der Waals surface area (Å²) in [7, 11) is 0. The Bertz CT molecular complexity index is 822. The van der Waals surface area contributed by atoms with Crippen LogP contribution in [0, 0.1) is 20.8 Å². The lowest BCUT2D eigenvalue weighted by molar-refractivity contribution is -0.116. The van der Waals surface area contributed by atoms with Crippen molar-refractivity contribution < 1.29 is 14.3 Å². The SMILES string of the molecule is Cc1cccc(NC(=O)Cn2nc(C(=O)N3CCOCC3)cc2C)c1C. The molecule has 3 rings (SSSR count). The van der Waals surface area contributed by atoms with Crippen LogP contribution >= 0.6 is 0 Å². The molecule has 1 N–H and O–H groups in total. The highest BCUT2D eigenvalue weighted by molar-refractivity contribution is 5.93. The lowest BCUT2D eigenvalue weighted by Crippen LogP contribution is -2.40. The normalized spacial score (nSPS) is 14.3. The first kappa shape index (κ1) is 18.1. The van der Waals surface area contributed by atoms with E-state index < -0.39 is 0 Å². The lowest BCUT2D eigenvalue weighted by Gasteiger charge is -2.25. The van der Waals surface area contributed by atoms with Crippen LogP contribution in [0.15, 0.2) is 24.3 Å². The number of carbonyl (C=O) groups is 2. The third-order valence-electron chi connectivity index (χ3n) is 4.67. The van der Waals surface area contributed by atoms with Gasteiger partial charge in [-0.15, -0.1) is 0 Å². The van der Waals surface area contributed by atoms with Gasteiger partial charge in [-0.25, -0.2) is 0 Å². The van der Waals surface area contributed by atoms with Crippen LogP contribution in [-0.4, -0.2) is 52.8 Å². The van der Waals surface area contributed by atoms with Crippen LogP contribution in [0.1, 0.15) is 27.3 Å². The molecular weight excluding hydrogens is 332 g/mol. The molecule has 0 radical (unpaired) electrons. The highest BCUT2D eigenvalue weighted by Gasteiger charge is 2.22. The molecule has 26 heavy (non-hydrogen) atoms. The maximum atomic E-state index is 12.5. The van der Waals surface area contributed by atoms with Gasteiger partial charge in [-0.05, 0) is 44.0 Å². The van der Waals surface area contributed by atoms with E-state index in [0.29, 0.717) is 32.0 Å². The molecular formula is C19H24N4O3. The lowest BCUT2D eigenvalue weighted by atomic mass is 10.1. The highest BCUT2D eigenvalue weighted by atomic mass is 16.5. The van der Waals surface area contributed by atoms with E-state index in [4.69, 9.17) is 4.74 Å². The molecule has 1 aliphatic rings. The van der Waals surface area contributed by atoms with Crippen LogP contribution in [0.2, 0.25) is 0 Å². The van der Waals surface area contributed by atoms with Gasteiger partial charge in [0.25, 0.3) is 5.91 Å². The molecule has 0 aliphatic carbocycles. The molecule has 1 aromatic heterocycles. The summed E-state index contributed by atoms with van der Waals surface area (Å²) in [6, 6.07) is 7.52. The Labute approximate surface area is 152 Å². The predicted octanol–water partition coefficient (Wildman–Crippen LogP) is 1.92. The molecule has 7 heteroatoms. The highest BCUT2D eigenvalue weighted by Crippen LogP contribution is 2.18. The Morgan fingerprint density at radius 2 is 1.92 bits per heavy atom. The summed E-state index contributed by atoms with van der Waals surface area (Å²) in [5, 5.41) is 7.25. The van der Waals surface area contributed by atoms with E-state index in [2.05, 4.69) is 10.4 Å². The Balaban J connectivity index is 1.68. The van der Waals surface area contributed by atoms with E-state index >= 15 is 0 Å². The number of aryl methyl sites for hydroxylation is 2. The third-order valence-corrected chi connectivity index (χ3v) is 4.67. The minimum Gasteiger partial charge on any atom is -0.378 e. The second-order valence-corrected chi connectivity index (χ2v) is 6.53. The van der Waals surface area contributed by atoms with Crippen molar-refractivity contribution in [2.75, 3.05) is 31.6 Å². The average molecular weight is 356 g/mol. The van der Waals surface area contributed by atoms with Crippen molar-refractivity contribution in [3.05, 3.63) is 46.8 Å². The number of amides is 2. The molecule has 0 spiro atoms. The summed E-state index contributed by atoms with van der Waals surface area (Å²) in [4.78, 5) is 26.6. The number of ether oxygens (including phenoxy) is 1. The summed E-state index contributed by atoms with van der Waals surface area (Å²) < 4.78 is 6.83. The van der Waals surface area contributed by atoms with E-state index in [0.717, 1.165) is 22.5 Å². The fourth-order valence-electron chi connectivity index (χ4n) is 2.92. The van der Waals surface area contributed by atoms with Gasteiger partial charge < -0.3 is 15.0 Å². The molecule has 138 valence electrons. The number of anilines is 1. The van der Waals surface area contributed by atoms with Gasteiger partial charge in [-0.1, -0.05) is 12.1 Å². The van der Waals surface area contributed by atoms with Gasteiger partial charge in [0.05, 0.1) is 13.2 Å². The zero-order valence-corrected chi connectivity index (χ0v) is 15.4. The summed E-state index contributed by atoms with van der Waals surface area (Å²) in [6.07, 6.45) is 0. The quantitative estimate of drug-likeness (QED) is 0.908. The molecule has 0 saturated carbocycles. The third kappa shape index (κ3) is 3.94. The summed E-state index contributed by atoms with van der Waals surface area (Å²) in [5.41, 5.74) is 4.10. The number of rotatable bonds is 4. The molecule has 1 aliphatic heterocycles. The van der Waals surface area contributed by atoms with E-state index in [9.17, 15) is 9.59 Å².